The van der Waals surface area contributed by atoms with Gasteiger partial charge in [0.1, 0.15) is 0 Å². The molecule has 0 heterocycles. The summed E-state index contributed by atoms with van der Waals surface area (Å²) in [6, 6.07) is 22.3. The molecule has 3 rings (SSSR count). The van der Waals surface area contributed by atoms with Gasteiger partial charge in [0.05, 0.1) is 23.7 Å². The molecule has 0 aliphatic heterocycles. The molecule has 0 radical (unpaired) electrons. The third kappa shape index (κ3) is 6.45. The van der Waals surface area contributed by atoms with E-state index in [0.717, 1.165) is 20.5 Å². The Kier molecular flexibility index (Phi) is 7.88. The van der Waals surface area contributed by atoms with Gasteiger partial charge >= 0.3 is 0 Å². The Morgan fingerprint density at radius 1 is 1.06 bits per heavy atom. The zero-order valence-electron chi connectivity index (χ0n) is 16.8. The van der Waals surface area contributed by atoms with Gasteiger partial charge in [0.25, 0.3) is 5.91 Å². The number of rotatable bonds is 7. The molecule has 7 heteroatoms. The van der Waals surface area contributed by atoms with E-state index in [1.807, 2.05) is 49.4 Å². The highest BCUT2D eigenvalue weighted by Gasteiger charge is 2.13. The smallest absolute Gasteiger partial charge is 0.252 e. The topological polar surface area (TPSA) is 82.0 Å². The third-order valence-corrected chi connectivity index (χ3v) is 6.12. The average Bonchev–Trinajstić information content (AvgIpc) is 2.78. The SMILES string of the molecule is Cc1cc(Br)ccc1NC(=O)CNC(=O)c1ccccc1SCc1ccc(C#N)cc1. The highest BCUT2D eigenvalue weighted by atomic mass is 79.9. The lowest BCUT2D eigenvalue weighted by Crippen LogP contribution is -2.33. The van der Waals surface area contributed by atoms with Crippen molar-refractivity contribution in [3.8, 4) is 6.07 Å². The first-order valence-electron chi connectivity index (χ1n) is 9.51. The monoisotopic (exact) mass is 493 g/mol. The second-order valence-corrected chi connectivity index (χ2v) is 8.72. The standard InChI is InChI=1S/C24H20BrN3O2S/c1-16-12-19(25)10-11-21(16)28-23(29)14-27-24(30)20-4-2-3-5-22(20)31-15-18-8-6-17(13-26)7-9-18/h2-12H,14-15H2,1H3,(H,27,30)(H,28,29). The fourth-order valence-electron chi connectivity index (χ4n) is 2.83. The van der Waals surface area contributed by atoms with Gasteiger partial charge in [0.2, 0.25) is 5.91 Å². The Labute approximate surface area is 194 Å². The molecule has 0 bridgehead atoms. The number of halogens is 1. The van der Waals surface area contributed by atoms with Crippen LogP contribution in [0.15, 0.2) is 76.1 Å². The van der Waals surface area contributed by atoms with Crippen molar-refractivity contribution in [3.05, 3.63) is 93.5 Å². The number of carbonyl (C=O) groups excluding carboxylic acids is 2. The first-order chi connectivity index (χ1) is 15.0. The molecule has 0 aliphatic carbocycles. The van der Waals surface area contributed by atoms with Crippen LogP contribution < -0.4 is 10.6 Å². The fraction of sp³-hybridized carbons (Fsp3) is 0.125. The van der Waals surface area contributed by atoms with Crippen LogP contribution in [0.2, 0.25) is 0 Å². The predicted molar refractivity (Wildman–Crippen MR) is 127 cm³/mol. The van der Waals surface area contributed by atoms with Crippen LogP contribution in [0.3, 0.4) is 0 Å². The molecule has 0 saturated carbocycles. The van der Waals surface area contributed by atoms with Gasteiger partial charge in [-0.05, 0) is 60.5 Å². The molecular formula is C24H20BrN3O2S. The van der Waals surface area contributed by atoms with E-state index in [1.165, 1.54) is 11.8 Å². The van der Waals surface area contributed by atoms with Crippen LogP contribution in [0.4, 0.5) is 5.69 Å². The van der Waals surface area contributed by atoms with Crippen molar-refractivity contribution in [3.63, 3.8) is 0 Å². The number of aryl methyl sites for hydroxylation is 1. The van der Waals surface area contributed by atoms with Crippen LogP contribution in [0.5, 0.6) is 0 Å². The zero-order chi connectivity index (χ0) is 22.2. The van der Waals surface area contributed by atoms with E-state index in [-0.39, 0.29) is 18.4 Å². The molecule has 3 aromatic rings. The Hall–Kier alpha value is -3.08. The van der Waals surface area contributed by atoms with Gasteiger partial charge in [-0.1, -0.05) is 40.2 Å². The predicted octanol–water partition coefficient (Wildman–Crippen LogP) is 5.29. The molecule has 0 aliphatic rings. The van der Waals surface area contributed by atoms with E-state index in [1.54, 1.807) is 24.3 Å². The number of nitrogens with zero attached hydrogens (tertiary/aromatic N) is 1. The van der Waals surface area contributed by atoms with Crippen molar-refractivity contribution in [2.75, 3.05) is 11.9 Å². The maximum absolute atomic E-state index is 12.7. The summed E-state index contributed by atoms with van der Waals surface area (Å²) >= 11 is 4.93. The molecule has 31 heavy (non-hydrogen) atoms. The van der Waals surface area contributed by atoms with Gasteiger partial charge in [0.15, 0.2) is 0 Å². The van der Waals surface area contributed by atoms with Gasteiger partial charge in [-0.25, -0.2) is 0 Å². The molecule has 0 aromatic heterocycles. The molecule has 3 aromatic carbocycles. The number of anilines is 1. The van der Waals surface area contributed by atoms with Crippen LogP contribution >= 0.6 is 27.7 Å². The third-order valence-electron chi connectivity index (χ3n) is 4.48. The van der Waals surface area contributed by atoms with Crippen molar-refractivity contribution >= 4 is 45.2 Å². The maximum Gasteiger partial charge on any atom is 0.252 e. The molecule has 0 saturated heterocycles. The van der Waals surface area contributed by atoms with Crippen LogP contribution in [-0.4, -0.2) is 18.4 Å². The number of hydrogen-bond donors (Lipinski definition) is 2. The molecule has 0 spiro atoms. The Balaban J connectivity index is 1.58. The lowest BCUT2D eigenvalue weighted by molar-refractivity contribution is -0.115. The molecule has 2 amide bonds. The van der Waals surface area contributed by atoms with Crippen LogP contribution in [0, 0.1) is 18.3 Å². The largest absolute Gasteiger partial charge is 0.343 e. The molecule has 5 nitrogen and oxygen atoms in total. The summed E-state index contributed by atoms with van der Waals surface area (Å²) in [6.07, 6.45) is 0. The van der Waals surface area contributed by atoms with Crippen LogP contribution in [0.1, 0.15) is 27.0 Å². The van der Waals surface area contributed by atoms with Crippen molar-refractivity contribution in [2.45, 2.75) is 17.6 Å². The summed E-state index contributed by atoms with van der Waals surface area (Å²) in [6.45, 7) is 1.78. The van der Waals surface area contributed by atoms with E-state index >= 15 is 0 Å². The first-order valence-corrected chi connectivity index (χ1v) is 11.3. The number of amides is 2. The average molecular weight is 494 g/mol. The molecule has 0 unspecified atom stereocenters. The van der Waals surface area contributed by atoms with Gasteiger partial charge in [0, 0.05) is 20.8 Å². The van der Waals surface area contributed by atoms with Crippen molar-refractivity contribution < 1.29 is 9.59 Å². The van der Waals surface area contributed by atoms with Crippen LogP contribution in [-0.2, 0) is 10.5 Å². The molecular weight excluding hydrogens is 474 g/mol. The highest BCUT2D eigenvalue weighted by Crippen LogP contribution is 2.26. The van der Waals surface area contributed by atoms with E-state index in [9.17, 15) is 9.59 Å². The second kappa shape index (κ2) is 10.8. The van der Waals surface area contributed by atoms with Gasteiger partial charge < -0.3 is 10.6 Å². The van der Waals surface area contributed by atoms with Crippen molar-refractivity contribution in [2.24, 2.45) is 0 Å². The summed E-state index contributed by atoms with van der Waals surface area (Å²) in [5.74, 6) is 0.0754. The first kappa shape index (κ1) is 22.6. The molecule has 0 atom stereocenters. The minimum atomic E-state index is -0.300. The van der Waals surface area contributed by atoms with Crippen LogP contribution in [0.25, 0.3) is 0 Å². The number of thioether (sulfide) groups is 1. The number of benzene rings is 3. The highest BCUT2D eigenvalue weighted by molar-refractivity contribution is 9.10. The lowest BCUT2D eigenvalue weighted by Gasteiger charge is -2.11. The summed E-state index contributed by atoms with van der Waals surface area (Å²) in [4.78, 5) is 25.8. The number of nitriles is 1. The Morgan fingerprint density at radius 3 is 2.52 bits per heavy atom. The normalized spacial score (nSPS) is 10.2. The summed E-state index contributed by atoms with van der Waals surface area (Å²) < 4.78 is 0.936. The summed E-state index contributed by atoms with van der Waals surface area (Å²) in [5.41, 5.74) is 3.83. The summed E-state index contributed by atoms with van der Waals surface area (Å²) in [7, 11) is 0. The van der Waals surface area contributed by atoms with Crippen molar-refractivity contribution in [1.82, 2.24) is 5.32 Å². The quantitative estimate of drug-likeness (QED) is 0.438. The van der Waals surface area contributed by atoms with E-state index in [4.69, 9.17) is 5.26 Å². The second-order valence-electron chi connectivity index (χ2n) is 6.78. The van der Waals surface area contributed by atoms with E-state index in [2.05, 4.69) is 32.6 Å². The van der Waals surface area contributed by atoms with Crippen molar-refractivity contribution in [1.29, 1.82) is 5.26 Å². The lowest BCUT2D eigenvalue weighted by atomic mass is 10.2. The minimum absolute atomic E-state index is 0.122. The fourth-order valence-corrected chi connectivity index (χ4v) is 4.32. The minimum Gasteiger partial charge on any atom is -0.343 e. The number of hydrogen-bond acceptors (Lipinski definition) is 4. The van der Waals surface area contributed by atoms with E-state index in [0.29, 0.717) is 22.6 Å². The number of nitrogens with one attached hydrogen (secondary N) is 2. The molecule has 0 fully saturated rings. The van der Waals surface area contributed by atoms with E-state index < -0.39 is 0 Å². The summed E-state index contributed by atoms with van der Waals surface area (Å²) in [5, 5.41) is 14.4. The maximum atomic E-state index is 12.7. The zero-order valence-corrected chi connectivity index (χ0v) is 19.2. The number of carbonyl (C=O) groups is 2. The molecule has 2 N–H and O–H groups in total. The van der Waals surface area contributed by atoms with Gasteiger partial charge in [-0.3, -0.25) is 9.59 Å². The van der Waals surface area contributed by atoms with Gasteiger partial charge in [-0.2, -0.15) is 5.26 Å². The Bertz CT molecular complexity index is 1140. The Morgan fingerprint density at radius 2 is 1.81 bits per heavy atom. The van der Waals surface area contributed by atoms with Gasteiger partial charge in [-0.15, -0.1) is 11.8 Å². The molecule has 156 valence electrons.